The van der Waals surface area contributed by atoms with Gasteiger partial charge < -0.3 is 0 Å². The van der Waals surface area contributed by atoms with Gasteiger partial charge in [0.2, 0.25) is 10.3 Å². The molecule has 0 aliphatic rings. The summed E-state index contributed by atoms with van der Waals surface area (Å²) in [7, 11) is -6.92. The fourth-order valence-corrected chi connectivity index (χ4v) is 1.85. The van der Waals surface area contributed by atoms with Crippen LogP contribution in [0.1, 0.15) is 0 Å². The molecule has 7 heteroatoms. The van der Waals surface area contributed by atoms with Gasteiger partial charge in [-0.25, -0.2) is 0 Å². The van der Waals surface area contributed by atoms with Crippen molar-refractivity contribution in [1.82, 2.24) is 0 Å². The van der Waals surface area contributed by atoms with Gasteiger partial charge in [0.15, 0.2) is 4.70 Å². The third-order valence-electron chi connectivity index (χ3n) is 1.17. The van der Waals surface area contributed by atoms with Crippen molar-refractivity contribution in [2.75, 3.05) is 6.61 Å². The number of rotatable bonds is 3. The Labute approximate surface area is 102 Å². The van der Waals surface area contributed by atoms with Crippen LogP contribution in [-0.4, -0.2) is 28.1 Å². The highest BCUT2D eigenvalue weighted by molar-refractivity contribution is 8.10. The van der Waals surface area contributed by atoms with Gasteiger partial charge in [-0.3, -0.25) is 4.18 Å². The van der Waals surface area contributed by atoms with Crippen molar-refractivity contribution in [3.8, 4) is 12.3 Å². The molecule has 0 aromatic heterocycles. The smallest absolute Gasteiger partial charge is 0.253 e. The molecule has 0 spiro atoms. The molecule has 0 fully saturated rings. The fourth-order valence-electron chi connectivity index (χ4n) is 0.625. The molecule has 0 bridgehead atoms. The zero-order valence-corrected chi connectivity index (χ0v) is 10.3. The van der Waals surface area contributed by atoms with Crippen LogP contribution < -0.4 is 0 Å². The number of hydrogen-bond acceptors (Lipinski definition) is 5. The molecular weight excluding hydrogens is 264 g/mol. The first-order valence-electron chi connectivity index (χ1n) is 4.24. The van der Waals surface area contributed by atoms with Gasteiger partial charge in [-0.15, -0.1) is 6.42 Å². The van der Waals surface area contributed by atoms with Crippen LogP contribution in [0, 0.1) is 12.3 Å². The number of benzene rings is 1. The van der Waals surface area contributed by atoms with Gasteiger partial charge in [0.05, 0.1) is 0 Å². The highest BCUT2D eigenvalue weighted by Gasteiger charge is 2.05. The molecule has 17 heavy (non-hydrogen) atoms. The molecule has 0 saturated carbocycles. The molecule has 0 radical (unpaired) electrons. The number of terminal acetylenes is 1. The molecule has 1 aromatic rings. The average Bonchev–Trinajstić information content (AvgIpc) is 2.28. The minimum atomic E-state index is -4.12. The van der Waals surface area contributed by atoms with E-state index in [0.717, 1.165) is 0 Å². The Balaban J connectivity index is 0.000000354. The highest BCUT2D eigenvalue weighted by Crippen LogP contribution is 1.85. The van der Waals surface area contributed by atoms with E-state index in [-0.39, 0.29) is 4.70 Å². The minimum Gasteiger partial charge on any atom is -0.253 e. The SMILES string of the molecule is C#CCOS(=O)(=O)C=S(=O)=O.c1ccccc1. The van der Waals surface area contributed by atoms with Gasteiger partial charge in [0.25, 0.3) is 0 Å². The Hall–Kier alpha value is -1.62. The standard InChI is InChI=1S/C6H6.C4H4O5S2/c1-2-4-6-5-3-1;1-2-3-9-11(7,8)4-10(5)6/h1-6H;1,4H,3H2. The molecule has 1 rings (SSSR count). The minimum absolute atomic E-state index is 0.0321. The molecule has 0 aliphatic carbocycles. The van der Waals surface area contributed by atoms with Crippen molar-refractivity contribution in [2.24, 2.45) is 0 Å². The van der Waals surface area contributed by atoms with Crippen molar-refractivity contribution >= 4 is 25.1 Å². The zero-order valence-electron chi connectivity index (χ0n) is 8.68. The summed E-state index contributed by atoms with van der Waals surface area (Å²) in [6.07, 6.45) is 4.66. The van der Waals surface area contributed by atoms with E-state index in [1.54, 1.807) is 0 Å². The van der Waals surface area contributed by atoms with Crippen LogP contribution in [0.5, 0.6) is 0 Å². The van der Waals surface area contributed by atoms with Gasteiger partial charge in [0, 0.05) is 0 Å². The van der Waals surface area contributed by atoms with Gasteiger partial charge in [-0.05, 0) is 0 Å². The lowest BCUT2D eigenvalue weighted by Gasteiger charge is -1.90. The van der Waals surface area contributed by atoms with Crippen LogP contribution in [0.4, 0.5) is 0 Å². The van der Waals surface area contributed by atoms with Crippen molar-refractivity contribution < 1.29 is 21.0 Å². The van der Waals surface area contributed by atoms with E-state index >= 15 is 0 Å². The lowest BCUT2D eigenvalue weighted by molar-refractivity contribution is 0.374. The van der Waals surface area contributed by atoms with Gasteiger partial charge in [-0.2, -0.15) is 16.8 Å². The fraction of sp³-hybridized carbons (Fsp3) is 0.100. The van der Waals surface area contributed by atoms with Crippen molar-refractivity contribution in [2.45, 2.75) is 0 Å². The summed E-state index contributed by atoms with van der Waals surface area (Å²) in [6, 6.07) is 12.0. The summed E-state index contributed by atoms with van der Waals surface area (Å²) in [5, 5.41) is 0. The summed E-state index contributed by atoms with van der Waals surface area (Å²) in [5.41, 5.74) is 0. The Kier molecular flexibility index (Phi) is 7.71. The predicted octanol–water partition coefficient (Wildman–Crippen LogP) is 0.291. The van der Waals surface area contributed by atoms with E-state index in [9.17, 15) is 16.8 Å². The summed E-state index contributed by atoms with van der Waals surface area (Å²) < 4.78 is 44.5. The Morgan fingerprint density at radius 1 is 1.12 bits per heavy atom. The topological polar surface area (TPSA) is 77.5 Å². The first-order chi connectivity index (χ1) is 7.98. The maximum atomic E-state index is 10.4. The molecule has 92 valence electrons. The summed E-state index contributed by atoms with van der Waals surface area (Å²) in [4.78, 5) is 0. The van der Waals surface area contributed by atoms with Crippen LogP contribution in [0.2, 0.25) is 0 Å². The zero-order chi connectivity index (χ0) is 13.1. The molecule has 1 aromatic carbocycles. The Morgan fingerprint density at radius 3 is 1.82 bits per heavy atom. The first kappa shape index (κ1) is 15.4. The molecule has 0 heterocycles. The van der Waals surface area contributed by atoms with Crippen LogP contribution in [0.3, 0.4) is 0 Å². The largest absolute Gasteiger partial charge is 0.305 e. The van der Waals surface area contributed by atoms with Crippen molar-refractivity contribution in [1.29, 1.82) is 0 Å². The monoisotopic (exact) mass is 274 g/mol. The lowest BCUT2D eigenvalue weighted by Crippen LogP contribution is -2.07. The summed E-state index contributed by atoms with van der Waals surface area (Å²) in [6.45, 7) is -0.476. The molecule has 0 amide bonds. The van der Waals surface area contributed by atoms with Gasteiger partial charge >= 0.3 is 10.1 Å². The van der Waals surface area contributed by atoms with Gasteiger partial charge in [-0.1, -0.05) is 42.3 Å². The van der Waals surface area contributed by atoms with Crippen LogP contribution in [-0.2, 0) is 24.6 Å². The molecule has 0 unspecified atom stereocenters. The van der Waals surface area contributed by atoms with Gasteiger partial charge in [0.1, 0.15) is 6.61 Å². The van der Waals surface area contributed by atoms with E-state index in [2.05, 4.69) is 10.6 Å². The molecule has 0 aliphatic heterocycles. The molecule has 0 N–H and O–H groups in total. The van der Waals surface area contributed by atoms with E-state index in [1.165, 1.54) is 0 Å². The van der Waals surface area contributed by atoms with E-state index in [1.807, 2.05) is 42.3 Å². The maximum Gasteiger partial charge on any atom is 0.305 e. The van der Waals surface area contributed by atoms with E-state index < -0.39 is 27.0 Å². The van der Waals surface area contributed by atoms with Crippen molar-refractivity contribution in [3.05, 3.63) is 36.4 Å². The molecule has 0 atom stereocenters. The Bertz CT molecular complexity index is 545. The van der Waals surface area contributed by atoms with Crippen molar-refractivity contribution in [3.63, 3.8) is 0 Å². The van der Waals surface area contributed by atoms with Crippen LogP contribution in [0.25, 0.3) is 0 Å². The highest BCUT2D eigenvalue weighted by atomic mass is 32.3. The predicted molar refractivity (Wildman–Crippen MR) is 65.1 cm³/mol. The third-order valence-corrected chi connectivity index (χ3v) is 3.19. The molecular formula is C10H10O5S2. The second kappa shape index (κ2) is 8.52. The maximum absolute atomic E-state index is 10.4. The third kappa shape index (κ3) is 10.7. The molecule has 5 nitrogen and oxygen atoms in total. The van der Waals surface area contributed by atoms with Crippen LogP contribution >= 0.6 is 0 Å². The van der Waals surface area contributed by atoms with E-state index in [0.29, 0.717) is 0 Å². The second-order valence-electron chi connectivity index (χ2n) is 2.47. The van der Waals surface area contributed by atoms with Crippen LogP contribution in [0.15, 0.2) is 36.4 Å². The molecule has 0 saturated heterocycles. The first-order valence-corrected chi connectivity index (χ1v) is 6.85. The lowest BCUT2D eigenvalue weighted by atomic mass is 10.4. The second-order valence-corrected chi connectivity index (χ2v) is 4.98. The normalized spacial score (nSPS) is 9.35. The quantitative estimate of drug-likeness (QED) is 0.450. The Morgan fingerprint density at radius 2 is 1.53 bits per heavy atom. The number of hydrogen-bond donors (Lipinski definition) is 0. The van der Waals surface area contributed by atoms with E-state index in [4.69, 9.17) is 0 Å². The summed E-state index contributed by atoms with van der Waals surface area (Å²) >= 11 is 0. The average molecular weight is 274 g/mol. The summed E-state index contributed by atoms with van der Waals surface area (Å²) in [5.74, 6) is 1.87.